The predicted octanol–water partition coefficient (Wildman–Crippen LogP) is 2.59. The first-order chi connectivity index (χ1) is 11.6. The number of aromatic nitrogens is 2. The van der Waals surface area contributed by atoms with Crippen molar-refractivity contribution in [3.05, 3.63) is 48.0 Å². The lowest BCUT2D eigenvalue weighted by atomic mass is 10.0. The van der Waals surface area contributed by atoms with Gasteiger partial charge in [-0.25, -0.2) is 4.39 Å². The van der Waals surface area contributed by atoms with E-state index >= 15 is 0 Å². The average molecular weight is 330 g/mol. The molecule has 5 nitrogen and oxygen atoms in total. The highest BCUT2D eigenvalue weighted by Crippen LogP contribution is 2.17. The second-order valence-electron chi connectivity index (χ2n) is 6.35. The van der Waals surface area contributed by atoms with E-state index < -0.39 is 0 Å². The number of nitrogens with zero attached hydrogens (tertiary/aromatic N) is 3. The Balaban J connectivity index is 1.50. The summed E-state index contributed by atoms with van der Waals surface area (Å²) in [7, 11) is 1.88. The minimum absolute atomic E-state index is 0.185. The minimum Gasteiger partial charge on any atom is -0.381 e. The molecule has 1 aliphatic rings. The summed E-state index contributed by atoms with van der Waals surface area (Å²) in [6.07, 6.45) is 6.99. The smallest absolute Gasteiger partial charge is 0.222 e. The topological polar surface area (TPSA) is 50.2 Å². The first-order valence-electron chi connectivity index (χ1n) is 8.37. The van der Waals surface area contributed by atoms with E-state index in [1.807, 2.05) is 24.3 Å². The fourth-order valence-electron chi connectivity index (χ4n) is 3.11. The van der Waals surface area contributed by atoms with Gasteiger partial charge in [0.05, 0.1) is 6.20 Å². The number of carbonyl (C=O) groups excluding carboxylic acids is 1. The molecule has 1 aromatic heterocycles. The Hall–Kier alpha value is -2.37. The third kappa shape index (κ3) is 4.34. The van der Waals surface area contributed by atoms with Crippen molar-refractivity contribution < 1.29 is 9.18 Å². The lowest BCUT2D eigenvalue weighted by molar-refractivity contribution is -0.132. The summed E-state index contributed by atoms with van der Waals surface area (Å²) >= 11 is 0. The van der Waals surface area contributed by atoms with Crippen molar-refractivity contribution in [2.45, 2.75) is 31.7 Å². The fourth-order valence-corrected chi connectivity index (χ4v) is 3.11. The van der Waals surface area contributed by atoms with E-state index in [2.05, 4.69) is 10.4 Å². The Morgan fingerprint density at radius 1 is 1.38 bits per heavy atom. The zero-order chi connectivity index (χ0) is 16.9. The third-order valence-electron chi connectivity index (χ3n) is 4.38. The molecule has 1 fully saturated rings. The second-order valence-corrected chi connectivity index (χ2v) is 6.35. The minimum atomic E-state index is -0.239. The third-order valence-corrected chi connectivity index (χ3v) is 4.38. The zero-order valence-electron chi connectivity index (χ0n) is 13.9. The van der Waals surface area contributed by atoms with Gasteiger partial charge in [-0.05, 0) is 49.1 Å². The largest absolute Gasteiger partial charge is 0.381 e. The summed E-state index contributed by atoms with van der Waals surface area (Å²) in [6.45, 7) is 1.51. The van der Waals surface area contributed by atoms with Crippen LogP contribution < -0.4 is 5.32 Å². The quantitative estimate of drug-likeness (QED) is 0.917. The van der Waals surface area contributed by atoms with E-state index in [1.165, 1.54) is 12.1 Å². The van der Waals surface area contributed by atoms with Crippen molar-refractivity contribution in [3.8, 4) is 0 Å². The molecule has 1 unspecified atom stereocenters. The molecule has 0 spiro atoms. The highest BCUT2D eigenvalue weighted by Gasteiger charge is 2.23. The molecule has 24 heavy (non-hydrogen) atoms. The number of anilines is 1. The van der Waals surface area contributed by atoms with Crippen LogP contribution in [0, 0.1) is 5.82 Å². The van der Waals surface area contributed by atoms with Gasteiger partial charge in [0.1, 0.15) is 5.82 Å². The second kappa shape index (κ2) is 7.47. The highest BCUT2D eigenvalue weighted by molar-refractivity contribution is 5.76. The molecule has 1 amide bonds. The normalized spacial score (nSPS) is 17.8. The molecule has 128 valence electrons. The molecule has 2 aromatic rings. The van der Waals surface area contributed by atoms with Crippen LogP contribution in [0.25, 0.3) is 0 Å². The van der Waals surface area contributed by atoms with E-state index in [9.17, 15) is 9.18 Å². The lowest BCUT2D eigenvalue weighted by Crippen LogP contribution is -2.45. The molecule has 1 N–H and O–H groups in total. The van der Waals surface area contributed by atoms with E-state index in [0.29, 0.717) is 13.0 Å². The van der Waals surface area contributed by atoms with Gasteiger partial charge < -0.3 is 10.2 Å². The number of hydrogen-bond donors (Lipinski definition) is 1. The van der Waals surface area contributed by atoms with Crippen molar-refractivity contribution in [1.82, 2.24) is 14.7 Å². The Kier molecular flexibility index (Phi) is 5.13. The van der Waals surface area contributed by atoms with Crippen molar-refractivity contribution in [3.63, 3.8) is 0 Å². The molecular formula is C18H23FN4O. The number of halogens is 1. The van der Waals surface area contributed by atoms with E-state index in [-0.39, 0.29) is 17.8 Å². The Morgan fingerprint density at radius 2 is 2.17 bits per heavy atom. The molecule has 0 radical (unpaired) electrons. The zero-order valence-corrected chi connectivity index (χ0v) is 13.9. The summed E-state index contributed by atoms with van der Waals surface area (Å²) in [5, 5.41) is 7.52. The first kappa shape index (κ1) is 16.5. The maximum Gasteiger partial charge on any atom is 0.222 e. The van der Waals surface area contributed by atoms with Crippen molar-refractivity contribution in [2.24, 2.45) is 7.05 Å². The molecule has 1 aliphatic heterocycles. The van der Waals surface area contributed by atoms with Crippen LogP contribution in [0.4, 0.5) is 10.1 Å². The molecule has 0 saturated carbocycles. The van der Waals surface area contributed by atoms with Crippen LogP contribution in [-0.2, 0) is 18.3 Å². The first-order valence-corrected chi connectivity index (χ1v) is 8.37. The maximum absolute atomic E-state index is 13.0. The average Bonchev–Trinajstić information content (AvgIpc) is 3.00. The van der Waals surface area contributed by atoms with Gasteiger partial charge in [-0.15, -0.1) is 0 Å². The Bertz CT molecular complexity index is 683. The summed E-state index contributed by atoms with van der Waals surface area (Å²) in [5.74, 6) is -0.0548. The lowest BCUT2D eigenvalue weighted by Gasteiger charge is -2.33. The van der Waals surface area contributed by atoms with Crippen LogP contribution >= 0.6 is 0 Å². The van der Waals surface area contributed by atoms with Crippen LogP contribution in [0.1, 0.15) is 24.8 Å². The molecule has 1 aromatic carbocycles. The number of amides is 1. The molecule has 1 saturated heterocycles. The highest BCUT2D eigenvalue weighted by atomic mass is 19.1. The monoisotopic (exact) mass is 330 g/mol. The molecular weight excluding hydrogens is 307 g/mol. The van der Waals surface area contributed by atoms with Gasteiger partial charge in [0.2, 0.25) is 5.91 Å². The Morgan fingerprint density at radius 3 is 2.88 bits per heavy atom. The molecule has 2 heterocycles. The van der Waals surface area contributed by atoms with Gasteiger partial charge >= 0.3 is 0 Å². The van der Waals surface area contributed by atoms with Gasteiger partial charge in [0, 0.05) is 44.5 Å². The van der Waals surface area contributed by atoms with Crippen LogP contribution in [0.3, 0.4) is 0 Å². The van der Waals surface area contributed by atoms with Crippen LogP contribution in [0.2, 0.25) is 0 Å². The molecule has 3 rings (SSSR count). The van der Waals surface area contributed by atoms with Crippen molar-refractivity contribution in [1.29, 1.82) is 0 Å². The van der Waals surface area contributed by atoms with Crippen LogP contribution in [0.5, 0.6) is 0 Å². The summed E-state index contributed by atoms with van der Waals surface area (Å²) in [6, 6.07) is 6.58. The molecule has 1 atom stereocenters. The van der Waals surface area contributed by atoms with E-state index in [4.69, 9.17) is 0 Å². The van der Waals surface area contributed by atoms with E-state index in [1.54, 1.807) is 16.8 Å². The van der Waals surface area contributed by atoms with Crippen LogP contribution in [-0.4, -0.2) is 39.7 Å². The fraction of sp³-hybridized carbons (Fsp3) is 0.444. The maximum atomic E-state index is 13.0. The molecule has 0 bridgehead atoms. The number of likely N-dealkylation sites (tertiary alicyclic amines) is 1. The number of aryl methyl sites for hydroxylation is 2. The molecule has 6 heteroatoms. The number of nitrogens with one attached hydrogen (secondary N) is 1. The van der Waals surface area contributed by atoms with Gasteiger partial charge in [0.15, 0.2) is 0 Å². The number of benzene rings is 1. The number of piperidine rings is 1. The number of rotatable bonds is 5. The number of hydrogen-bond acceptors (Lipinski definition) is 3. The summed E-state index contributed by atoms with van der Waals surface area (Å²) in [5.41, 5.74) is 1.98. The summed E-state index contributed by atoms with van der Waals surface area (Å²) < 4.78 is 14.7. The van der Waals surface area contributed by atoms with Gasteiger partial charge in [-0.2, -0.15) is 5.10 Å². The summed E-state index contributed by atoms with van der Waals surface area (Å²) in [4.78, 5) is 14.4. The number of carbonyl (C=O) groups is 1. The van der Waals surface area contributed by atoms with E-state index in [0.717, 1.165) is 37.1 Å². The van der Waals surface area contributed by atoms with Gasteiger partial charge in [-0.3, -0.25) is 9.48 Å². The SMILES string of the molecule is Cn1cc(CCC(=O)N2CCCC(Nc3ccc(F)cc3)C2)cn1. The van der Waals surface area contributed by atoms with Crippen molar-refractivity contribution in [2.75, 3.05) is 18.4 Å². The van der Waals surface area contributed by atoms with Crippen molar-refractivity contribution >= 4 is 11.6 Å². The van der Waals surface area contributed by atoms with Crippen LogP contribution in [0.15, 0.2) is 36.7 Å². The standard InChI is InChI=1S/C18H23FN4O/c1-22-12-14(11-20-22)4-9-18(24)23-10-2-3-17(13-23)21-16-7-5-15(19)6-8-16/h5-8,11-12,17,21H,2-4,9-10,13H2,1H3. The van der Waals surface area contributed by atoms with Gasteiger partial charge in [-0.1, -0.05) is 0 Å². The molecule has 0 aliphatic carbocycles. The predicted molar refractivity (Wildman–Crippen MR) is 91.2 cm³/mol. The Labute approximate surface area is 141 Å². The van der Waals surface area contributed by atoms with Gasteiger partial charge in [0.25, 0.3) is 0 Å².